The first kappa shape index (κ1) is 21.6. The molecule has 7 atom stereocenters. The van der Waals surface area contributed by atoms with Crippen molar-refractivity contribution in [3.63, 3.8) is 0 Å². The van der Waals surface area contributed by atoms with E-state index in [1.54, 1.807) is 5.57 Å². The van der Waals surface area contributed by atoms with Crippen molar-refractivity contribution in [1.82, 2.24) is 0 Å². The molecule has 0 saturated heterocycles. The molecule has 30 heavy (non-hydrogen) atoms. The molecule has 4 heteroatoms. The van der Waals surface area contributed by atoms with Crippen molar-refractivity contribution in [3.05, 3.63) is 23.3 Å². The number of hydrogen-bond acceptors (Lipinski definition) is 4. The fourth-order valence-electron chi connectivity index (χ4n) is 7.66. The Bertz CT molecular complexity index is 780. The van der Waals surface area contributed by atoms with E-state index < -0.39 is 0 Å². The molecule has 0 heterocycles. The SMILES string of the molecule is CC(=O)OC[C@@H](C)C1=CC[C@H]2[C@@H]3CC=C4C[C@@H](OC(C)=O)CC[C@]4(C)[C@H]3CC[C@]12C. The van der Waals surface area contributed by atoms with Gasteiger partial charge in [-0.2, -0.15) is 0 Å². The highest BCUT2D eigenvalue weighted by Gasteiger charge is 2.57. The zero-order valence-corrected chi connectivity index (χ0v) is 19.3. The lowest BCUT2D eigenvalue weighted by molar-refractivity contribution is -0.148. The first-order chi connectivity index (χ1) is 14.1. The molecule has 0 aromatic rings. The lowest BCUT2D eigenvalue weighted by Crippen LogP contribution is -2.50. The fourth-order valence-corrected chi connectivity index (χ4v) is 7.66. The molecule has 0 aliphatic heterocycles. The summed E-state index contributed by atoms with van der Waals surface area (Å²) in [5.41, 5.74) is 3.55. The number of hydrogen-bond donors (Lipinski definition) is 0. The maximum atomic E-state index is 11.4. The quantitative estimate of drug-likeness (QED) is 0.443. The Morgan fingerprint density at radius 3 is 2.47 bits per heavy atom. The number of ether oxygens (including phenoxy) is 2. The van der Waals surface area contributed by atoms with Crippen LogP contribution in [0.1, 0.15) is 79.6 Å². The summed E-state index contributed by atoms with van der Waals surface area (Å²) in [6.07, 6.45) is 12.9. The minimum atomic E-state index is -0.187. The minimum Gasteiger partial charge on any atom is -0.465 e. The first-order valence-electron chi connectivity index (χ1n) is 11.9. The molecule has 4 rings (SSSR count). The maximum absolute atomic E-state index is 11.4. The lowest BCUT2D eigenvalue weighted by atomic mass is 9.47. The number of esters is 2. The summed E-state index contributed by atoms with van der Waals surface area (Å²) in [6, 6.07) is 0. The Balaban J connectivity index is 1.51. The normalized spacial score (nSPS) is 40.8. The second kappa shape index (κ2) is 7.84. The molecule has 2 saturated carbocycles. The topological polar surface area (TPSA) is 52.6 Å². The van der Waals surface area contributed by atoms with Crippen molar-refractivity contribution in [3.8, 4) is 0 Å². The van der Waals surface area contributed by atoms with Gasteiger partial charge in [0.1, 0.15) is 6.10 Å². The summed E-state index contributed by atoms with van der Waals surface area (Å²) >= 11 is 0. The molecule has 4 nitrogen and oxygen atoms in total. The van der Waals surface area contributed by atoms with Crippen molar-refractivity contribution < 1.29 is 19.1 Å². The van der Waals surface area contributed by atoms with E-state index in [1.807, 2.05) is 0 Å². The van der Waals surface area contributed by atoms with Gasteiger partial charge in [0.05, 0.1) is 6.61 Å². The van der Waals surface area contributed by atoms with Crippen LogP contribution in [0.5, 0.6) is 0 Å². The van der Waals surface area contributed by atoms with Crippen molar-refractivity contribution in [2.75, 3.05) is 6.61 Å². The molecule has 0 bridgehead atoms. The Morgan fingerprint density at radius 2 is 1.77 bits per heavy atom. The van der Waals surface area contributed by atoms with Crippen LogP contribution in [0, 0.1) is 34.5 Å². The van der Waals surface area contributed by atoms with Crippen LogP contribution in [-0.4, -0.2) is 24.6 Å². The summed E-state index contributed by atoms with van der Waals surface area (Å²) in [7, 11) is 0. The van der Waals surface area contributed by atoms with E-state index in [2.05, 4.69) is 32.9 Å². The van der Waals surface area contributed by atoms with Crippen molar-refractivity contribution >= 4 is 11.9 Å². The Morgan fingerprint density at radius 1 is 1.03 bits per heavy atom. The summed E-state index contributed by atoms with van der Waals surface area (Å²) < 4.78 is 10.9. The largest absolute Gasteiger partial charge is 0.465 e. The van der Waals surface area contributed by atoms with Crippen LogP contribution in [0.25, 0.3) is 0 Å². The standard InChI is InChI=1S/C26H38O4/c1-16(15-29-17(2)27)22-8-9-23-21-7-6-19-14-20(30-18(3)28)10-12-25(19,4)24(21)11-13-26(22,23)5/h6,8,16,20-21,23-24H,7,9-15H2,1-5H3/t16-,20+,21+,23+,24+,25+,26-/m1/s1. The molecule has 0 unspecified atom stereocenters. The summed E-state index contributed by atoms with van der Waals surface area (Å²) in [6.45, 7) is 10.7. The van der Waals surface area contributed by atoms with Gasteiger partial charge in [-0.25, -0.2) is 0 Å². The highest BCUT2D eigenvalue weighted by Crippen LogP contribution is 2.65. The molecule has 4 aliphatic rings. The molecule has 0 aromatic carbocycles. The van der Waals surface area contributed by atoms with Crippen LogP contribution in [0.4, 0.5) is 0 Å². The highest BCUT2D eigenvalue weighted by atomic mass is 16.5. The van der Waals surface area contributed by atoms with Crippen molar-refractivity contribution in [1.29, 1.82) is 0 Å². The average molecular weight is 415 g/mol. The number of carbonyl (C=O) groups is 2. The van der Waals surface area contributed by atoms with Gasteiger partial charge in [-0.3, -0.25) is 9.59 Å². The van der Waals surface area contributed by atoms with Gasteiger partial charge >= 0.3 is 11.9 Å². The van der Waals surface area contributed by atoms with E-state index in [4.69, 9.17) is 9.47 Å². The van der Waals surface area contributed by atoms with Crippen molar-refractivity contribution in [2.24, 2.45) is 34.5 Å². The molecule has 0 amide bonds. The molecule has 166 valence electrons. The van der Waals surface area contributed by atoms with Crippen LogP contribution in [-0.2, 0) is 19.1 Å². The van der Waals surface area contributed by atoms with E-state index in [1.165, 1.54) is 32.3 Å². The monoisotopic (exact) mass is 414 g/mol. The van der Waals surface area contributed by atoms with Gasteiger partial charge < -0.3 is 9.47 Å². The van der Waals surface area contributed by atoms with Gasteiger partial charge in [0, 0.05) is 26.2 Å². The third-order valence-corrected chi connectivity index (χ3v) is 9.10. The number of fused-ring (bicyclic) bond motifs is 5. The van der Waals surface area contributed by atoms with Crippen LogP contribution < -0.4 is 0 Å². The van der Waals surface area contributed by atoms with Gasteiger partial charge in [0.2, 0.25) is 0 Å². The number of rotatable bonds is 4. The third kappa shape index (κ3) is 3.54. The van der Waals surface area contributed by atoms with E-state index in [-0.39, 0.29) is 28.9 Å². The molecular formula is C26H38O4. The number of carbonyl (C=O) groups excluding carboxylic acids is 2. The summed E-state index contributed by atoms with van der Waals surface area (Å²) in [5.74, 6) is 2.09. The molecule has 0 N–H and O–H groups in total. The smallest absolute Gasteiger partial charge is 0.302 e. The number of allylic oxidation sites excluding steroid dienone is 2. The predicted octanol–water partition coefficient (Wildman–Crippen LogP) is 5.62. The van der Waals surface area contributed by atoms with Gasteiger partial charge in [0.25, 0.3) is 0 Å². The average Bonchev–Trinajstić information content (AvgIpc) is 3.03. The summed E-state index contributed by atoms with van der Waals surface area (Å²) in [4.78, 5) is 22.7. The van der Waals surface area contributed by atoms with E-state index in [0.29, 0.717) is 18.4 Å². The van der Waals surface area contributed by atoms with Crippen LogP contribution in [0.15, 0.2) is 23.3 Å². The molecule has 0 spiro atoms. The minimum absolute atomic E-state index is 0.0640. The second-order valence-corrected chi connectivity index (χ2v) is 10.8. The fraction of sp³-hybridized carbons (Fsp3) is 0.769. The van der Waals surface area contributed by atoms with Gasteiger partial charge in [-0.15, -0.1) is 0 Å². The molecule has 4 aliphatic carbocycles. The Labute approximate surface area is 181 Å². The second-order valence-electron chi connectivity index (χ2n) is 10.8. The zero-order valence-electron chi connectivity index (χ0n) is 19.3. The predicted molar refractivity (Wildman–Crippen MR) is 117 cm³/mol. The van der Waals surface area contributed by atoms with Gasteiger partial charge in [-0.05, 0) is 67.1 Å². The van der Waals surface area contributed by atoms with Crippen LogP contribution in [0.2, 0.25) is 0 Å². The summed E-state index contributed by atoms with van der Waals surface area (Å²) in [5, 5.41) is 0. The molecule has 2 fully saturated rings. The third-order valence-electron chi connectivity index (χ3n) is 9.10. The Kier molecular flexibility index (Phi) is 5.65. The van der Waals surface area contributed by atoms with E-state index >= 15 is 0 Å². The Hall–Kier alpha value is -1.58. The first-order valence-corrected chi connectivity index (χ1v) is 11.9. The van der Waals surface area contributed by atoms with Crippen LogP contribution >= 0.6 is 0 Å². The van der Waals surface area contributed by atoms with Crippen molar-refractivity contribution in [2.45, 2.75) is 85.7 Å². The van der Waals surface area contributed by atoms with Crippen LogP contribution in [0.3, 0.4) is 0 Å². The van der Waals surface area contributed by atoms with E-state index in [0.717, 1.165) is 43.9 Å². The molecule has 0 aromatic heterocycles. The lowest BCUT2D eigenvalue weighted by Gasteiger charge is -2.58. The highest BCUT2D eigenvalue weighted by molar-refractivity contribution is 5.66. The molecule has 0 radical (unpaired) electrons. The molecular weight excluding hydrogens is 376 g/mol. The van der Waals surface area contributed by atoms with Gasteiger partial charge in [0.15, 0.2) is 0 Å². The maximum Gasteiger partial charge on any atom is 0.302 e. The zero-order chi connectivity index (χ0) is 21.7. The van der Waals surface area contributed by atoms with Gasteiger partial charge in [-0.1, -0.05) is 44.1 Å². The van der Waals surface area contributed by atoms with E-state index in [9.17, 15) is 9.59 Å².